The van der Waals surface area contributed by atoms with Gasteiger partial charge in [-0.3, -0.25) is 4.79 Å². The Hall–Kier alpha value is -2.79. The van der Waals surface area contributed by atoms with Gasteiger partial charge in [-0.15, -0.1) is 0 Å². The second kappa shape index (κ2) is 8.73. The van der Waals surface area contributed by atoms with Gasteiger partial charge in [0.2, 0.25) is 0 Å². The van der Waals surface area contributed by atoms with Crippen LogP contribution in [-0.4, -0.2) is 30.1 Å². The zero-order chi connectivity index (χ0) is 19.2. The molecule has 0 saturated heterocycles. The number of rotatable bonds is 7. The fraction of sp³-hybridized carbons (Fsp3) is 0.273. The van der Waals surface area contributed by atoms with Crippen LogP contribution in [0.3, 0.4) is 0 Å². The number of carbonyl (C=O) groups excluding carboxylic acids is 1. The topological polar surface area (TPSA) is 51.2 Å². The molecule has 0 aliphatic heterocycles. The molecule has 0 aliphatic carbocycles. The van der Waals surface area contributed by atoms with Crippen molar-refractivity contribution >= 4 is 16.8 Å². The van der Waals surface area contributed by atoms with Gasteiger partial charge in [0.15, 0.2) is 0 Å². The van der Waals surface area contributed by atoms with Crippen LogP contribution in [0.5, 0.6) is 0 Å². The van der Waals surface area contributed by atoms with Crippen molar-refractivity contribution in [1.82, 2.24) is 10.3 Å². The van der Waals surface area contributed by atoms with Crippen LogP contribution in [0.15, 0.2) is 54.6 Å². The van der Waals surface area contributed by atoms with E-state index in [1.165, 1.54) is 12.1 Å². The molecular formula is C22H23FN2O2. The molecule has 0 spiro atoms. The third kappa shape index (κ3) is 4.89. The Bertz CT molecular complexity index is 923. The molecule has 0 unspecified atom stereocenters. The van der Waals surface area contributed by atoms with E-state index < -0.39 is 0 Å². The van der Waals surface area contributed by atoms with Gasteiger partial charge in [0.25, 0.3) is 5.91 Å². The Morgan fingerprint density at radius 1 is 1.15 bits per heavy atom. The number of fused-ring (bicyclic) bond motifs is 1. The standard InChI is InChI=1S/C22H23FN2O2/c1-15(2)27-13-5-12-24-22(26)19-14-21(16-8-10-17(23)11-9-16)25-20-7-4-3-6-18(19)20/h3-4,6-11,14-15H,5,12-13H2,1-2H3,(H,24,26). The van der Waals surface area contributed by atoms with E-state index in [9.17, 15) is 9.18 Å². The van der Waals surface area contributed by atoms with E-state index in [4.69, 9.17) is 4.74 Å². The third-order valence-corrected chi connectivity index (χ3v) is 4.16. The number of hydrogen-bond donors (Lipinski definition) is 1. The summed E-state index contributed by atoms with van der Waals surface area (Å²) >= 11 is 0. The zero-order valence-corrected chi connectivity index (χ0v) is 15.5. The molecular weight excluding hydrogens is 343 g/mol. The van der Waals surface area contributed by atoms with Crippen LogP contribution in [0, 0.1) is 5.82 Å². The monoisotopic (exact) mass is 366 g/mol. The summed E-state index contributed by atoms with van der Waals surface area (Å²) < 4.78 is 18.7. The van der Waals surface area contributed by atoms with Crippen LogP contribution in [0.2, 0.25) is 0 Å². The first-order valence-corrected chi connectivity index (χ1v) is 9.10. The average molecular weight is 366 g/mol. The van der Waals surface area contributed by atoms with Crippen molar-refractivity contribution in [2.45, 2.75) is 26.4 Å². The fourth-order valence-electron chi connectivity index (χ4n) is 2.82. The molecule has 4 nitrogen and oxygen atoms in total. The minimum atomic E-state index is -0.305. The number of pyridine rings is 1. The summed E-state index contributed by atoms with van der Waals surface area (Å²) in [6.45, 7) is 5.11. The molecule has 5 heteroatoms. The Balaban J connectivity index is 1.84. The van der Waals surface area contributed by atoms with E-state index in [1.54, 1.807) is 18.2 Å². The molecule has 0 aliphatic rings. The van der Waals surface area contributed by atoms with Gasteiger partial charge < -0.3 is 10.1 Å². The molecule has 2 aromatic carbocycles. The number of carbonyl (C=O) groups is 1. The second-order valence-corrected chi connectivity index (χ2v) is 6.61. The first-order chi connectivity index (χ1) is 13.0. The molecule has 0 radical (unpaired) electrons. The fourth-order valence-corrected chi connectivity index (χ4v) is 2.82. The normalized spacial score (nSPS) is 11.1. The quantitative estimate of drug-likeness (QED) is 0.623. The number of aromatic nitrogens is 1. The molecule has 1 heterocycles. The van der Waals surface area contributed by atoms with Gasteiger partial charge in [-0.2, -0.15) is 0 Å². The summed E-state index contributed by atoms with van der Waals surface area (Å²) in [6.07, 6.45) is 0.931. The molecule has 1 amide bonds. The molecule has 1 N–H and O–H groups in total. The van der Waals surface area contributed by atoms with Crippen molar-refractivity contribution in [3.63, 3.8) is 0 Å². The minimum Gasteiger partial charge on any atom is -0.379 e. The predicted octanol–water partition coefficient (Wildman–Crippen LogP) is 4.59. The van der Waals surface area contributed by atoms with E-state index in [0.717, 1.165) is 22.9 Å². The minimum absolute atomic E-state index is 0.151. The predicted molar refractivity (Wildman–Crippen MR) is 105 cm³/mol. The summed E-state index contributed by atoms with van der Waals surface area (Å²) in [6, 6.07) is 15.4. The molecule has 3 rings (SSSR count). The van der Waals surface area contributed by atoms with Gasteiger partial charge in [-0.05, 0) is 56.7 Å². The van der Waals surface area contributed by atoms with Crippen molar-refractivity contribution in [2.24, 2.45) is 0 Å². The Labute approximate surface area is 158 Å². The van der Waals surface area contributed by atoms with Crippen molar-refractivity contribution < 1.29 is 13.9 Å². The molecule has 3 aromatic rings. The smallest absolute Gasteiger partial charge is 0.252 e. The van der Waals surface area contributed by atoms with Crippen LogP contribution in [-0.2, 0) is 4.74 Å². The number of amides is 1. The summed E-state index contributed by atoms with van der Waals surface area (Å²) in [4.78, 5) is 17.4. The van der Waals surface area contributed by atoms with Crippen LogP contribution >= 0.6 is 0 Å². The van der Waals surface area contributed by atoms with Gasteiger partial charge in [0.05, 0.1) is 22.9 Å². The van der Waals surface area contributed by atoms with Gasteiger partial charge in [0, 0.05) is 24.1 Å². The Morgan fingerprint density at radius 2 is 1.89 bits per heavy atom. The summed E-state index contributed by atoms with van der Waals surface area (Å²) in [5, 5.41) is 3.74. The van der Waals surface area contributed by atoms with Crippen molar-refractivity contribution in [3.8, 4) is 11.3 Å². The van der Waals surface area contributed by atoms with Crippen LogP contribution in [0.1, 0.15) is 30.6 Å². The van der Waals surface area contributed by atoms with Gasteiger partial charge in [-0.1, -0.05) is 18.2 Å². The molecule has 0 bridgehead atoms. The zero-order valence-electron chi connectivity index (χ0n) is 15.5. The number of benzene rings is 2. The molecule has 1 aromatic heterocycles. The summed E-state index contributed by atoms with van der Waals surface area (Å²) in [5.74, 6) is -0.456. The third-order valence-electron chi connectivity index (χ3n) is 4.16. The number of para-hydroxylation sites is 1. The lowest BCUT2D eigenvalue weighted by Crippen LogP contribution is -2.26. The van der Waals surface area contributed by atoms with Crippen LogP contribution in [0.25, 0.3) is 22.2 Å². The van der Waals surface area contributed by atoms with E-state index in [2.05, 4.69) is 10.3 Å². The van der Waals surface area contributed by atoms with Gasteiger partial charge in [-0.25, -0.2) is 9.37 Å². The molecule has 27 heavy (non-hydrogen) atoms. The van der Waals surface area contributed by atoms with Crippen molar-refractivity contribution in [1.29, 1.82) is 0 Å². The molecule has 0 fully saturated rings. The van der Waals surface area contributed by atoms with E-state index in [1.807, 2.05) is 38.1 Å². The lowest BCUT2D eigenvalue weighted by molar-refractivity contribution is 0.0757. The first kappa shape index (κ1) is 19.0. The maximum atomic E-state index is 13.2. The Morgan fingerprint density at radius 3 is 2.63 bits per heavy atom. The highest BCUT2D eigenvalue weighted by Crippen LogP contribution is 2.25. The number of nitrogens with one attached hydrogen (secondary N) is 1. The lowest BCUT2D eigenvalue weighted by Gasteiger charge is -2.11. The maximum Gasteiger partial charge on any atom is 0.252 e. The summed E-state index contributed by atoms with van der Waals surface area (Å²) in [5.41, 5.74) is 2.70. The van der Waals surface area contributed by atoms with Crippen molar-refractivity contribution in [3.05, 3.63) is 66.0 Å². The first-order valence-electron chi connectivity index (χ1n) is 9.10. The number of ether oxygens (including phenoxy) is 1. The van der Waals surface area contributed by atoms with Crippen molar-refractivity contribution in [2.75, 3.05) is 13.2 Å². The van der Waals surface area contributed by atoms with Gasteiger partial charge >= 0.3 is 0 Å². The molecule has 0 atom stereocenters. The highest BCUT2D eigenvalue weighted by molar-refractivity contribution is 6.07. The van der Waals surface area contributed by atoms with Gasteiger partial charge in [0.1, 0.15) is 5.82 Å². The lowest BCUT2D eigenvalue weighted by atomic mass is 10.0. The van der Waals surface area contributed by atoms with Crippen LogP contribution in [0.4, 0.5) is 4.39 Å². The highest BCUT2D eigenvalue weighted by atomic mass is 19.1. The number of halogens is 1. The Kier molecular flexibility index (Phi) is 6.14. The van der Waals surface area contributed by atoms with E-state index in [-0.39, 0.29) is 17.8 Å². The van der Waals surface area contributed by atoms with E-state index >= 15 is 0 Å². The van der Waals surface area contributed by atoms with E-state index in [0.29, 0.717) is 24.4 Å². The second-order valence-electron chi connectivity index (χ2n) is 6.61. The number of hydrogen-bond acceptors (Lipinski definition) is 3. The highest BCUT2D eigenvalue weighted by Gasteiger charge is 2.13. The molecule has 140 valence electrons. The van der Waals surface area contributed by atoms with Crippen LogP contribution < -0.4 is 5.32 Å². The maximum absolute atomic E-state index is 13.2. The summed E-state index contributed by atoms with van der Waals surface area (Å²) in [7, 11) is 0. The largest absolute Gasteiger partial charge is 0.379 e. The SMILES string of the molecule is CC(C)OCCCNC(=O)c1cc(-c2ccc(F)cc2)nc2ccccc12. The molecule has 0 saturated carbocycles. The average Bonchev–Trinajstić information content (AvgIpc) is 2.67. The number of nitrogens with zero attached hydrogens (tertiary/aromatic N) is 1.